The molecule has 1 aliphatic heterocycles. The molecule has 1 aromatic carbocycles. The van der Waals surface area contributed by atoms with Crippen molar-refractivity contribution in [3.8, 4) is 10.4 Å². The average Bonchev–Trinajstić information content (AvgIpc) is 3.34. The summed E-state index contributed by atoms with van der Waals surface area (Å²) in [6.45, 7) is 2.53. The second-order valence-electron chi connectivity index (χ2n) is 7.96. The minimum absolute atomic E-state index is 0.0441. The molecule has 1 amide bonds. The Bertz CT molecular complexity index is 1280. The number of piperidine rings is 1. The number of furan rings is 1. The van der Waals surface area contributed by atoms with E-state index in [-0.39, 0.29) is 17.8 Å². The zero-order valence-corrected chi connectivity index (χ0v) is 19.0. The van der Waals surface area contributed by atoms with Crippen molar-refractivity contribution in [1.29, 1.82) is 0 Å². The van der Waals surface area contributed by atoms with Gasteiger partial charge in [0.15, 0.2) is 5.58 Å². The lowest BCUT2D eigenvalue weighted by Crippen LogP contribution is -2.45. The summed E-state index contributed by atoms with van der Waals surface area (Å²) in [6.07, 6.45) is 5.04. The summed E-state index contributed by atoms with van der Waals surface area (Å²) in [5.41, 5.74) is 2.50. The Morgan fingerprint density at radius 2 is 2.09 bits per heavy atom. The lowest BCUT2D eigenvalue weighted by molar-refractivity contribution is 0.0603. The van der Waals surface area contributed by atoms with Gasteiger partial charge in [0.2, 0.25) is 0 Å². The predicted molar refractivity (Wildman–Crippen MR) is 124 cm³/mol. The molecular weight excluding hydrogens is 449 g/mol. The number of benzene rings is 1. The van der Waals surface area contributed by atoms with E-state index in [4.69, 9.17) is 16.0 Å². The van der Waals surface area contributed by atoms with Crippen LogP contribution in [-0.4, -0.2) is 33.4 Å². The first-order valence-corrected chi connectivity index (χ1v) is 11.8. The molecule has 1 atom stereocenters. The monoisotopic (exact) mass is 469 g/mol. The largest absolute Gasteiger partial charge is 0.458 e. The van der Waals surface area contributed by atoms with Gasteiger partial charge in [-0.3, -0.25) is 9.78 Å². The third kappa shape index (κ3) is 3.91. The molecule has 4 aromatic rings. The van der Waals surface area contributed by atoms with Crippen LogP contribution in [0.1, 0.15) is 40.5 Å². The molecule has 0 saturated carbocycles. The van der Waals surface area contributed by atoms with E-state index >= 15 is 0 Å². The number of pyridine rings is 1. The van der Waals surface area contributed by atoms with Crippen LogP contribution < -0.4 is 0 Å². The highest BCUT2D eigenvalue weighted by Gasteiger charge is 2.32. The Balaban J connectivity index is 1.46. The SMILES string of the molecule is Cc1nc(C(=O)N2CCCCC2Cc2oc3cccnc3c2Cl)c(-c2ccc(F)cc2)s1. The van der Waals surface area contributed by atoms with Gasteiger partial charge in [-0.1, -0.05) is 23.7 Å². The molecule has 1 saturated heterocycles. The lowest BCUT2D eigenvalue weighted by Gasteiger charge is -2.35. The van der Waals surface area contributed by atoms with Crippen molar-refractivity contribution in [2.24, 2.45) is 0 Å². The molecule has 1 aliphatic rings. The van der Waals surface area contributed by atoms with Crippen molar-refractivity contribution < 1.29 is 13.6 Å². The molecule has 32 heavy (non-hydrogen) atoms. The normalized spacial score (nSPS) is 16.6. The number of aryl methyl sites for hydroxylation is 1. The molecule has 164 valence electrons. The lowest BCUT2D eigenvalue weighted by atomic mass is 9.97. The Kier molecular flexibility index (Phi) is 5.69. The van der Waals surface area contributed by atoms with Gasteiger partial charge in [0.05, 0.1) is 9.88 Å². The van der Waals surface area contributed by atoms with E-state index in [1.54, 1.807) is 18.3 Å². The number of rotatable bonds is 4. The van der Waals surface area contributed by atoms with Crippen LogP contribution in [-0.2, 0) is 6.42 Å². The predicted octanol–water partition coefficient (Wildman–Crippen LogP) is 6.29. The molecule has 0 bridgehead atoms. The molecule has 5 rings (SSSR count). The van der Waals surface area contributed by atoms with Gasteiger partial charge in [-0.25, -0.2) is 9.37 Å². The van der Waals surface area contributed by atoms with Crippen molar-refractivity contribution in [3.63, 3.8) is 0 Å². The third-order valence-electron chi connectivity index (χ3n) is 5.81. The van der Waals surface area contributed by atoms with Crippen LogP contribution in [0.5, 0.6) is 0 Å². The molecule has 8 heteroatoms. The number of likely N-dealkylation sites (tertiary alicyclic amines) is 1. The highest BCUT2D eigenvalue weighted by atomic mass is 35.5. The first-order chi connectivity index (χ1) is 15.5. The highest BCUT2D eigenvalue weighted by Crippen LogP contribution is 2.35. The van der Waals surface area contributed by atoms with E-state index in [0.29, 0.717) is 40.5 Å². The van der Waals surface area contributed by atoms with E-state index < -0.39 is 0 Å². The molecule has 0 aliphatic carbocycles. The number of carbonyl (C=O) groups is 1. The van der Waals surface area contributed by atoms with Crippen LogP contribution >= 0.6 is 22.9 Å². The quantitative estimate of drug-likeness (QED) is 0.352. The smallest absolute Gasteiger partial charge is 0.274 e. The topological polar surface area (TPSA) is 59.2 Å². The number of halogens is 2. The third-order valence-corrected chi connectivity index (χ3v) is 7.22. The van der Waals surface area contributed by atoms with Gasteiger partial charge < -0.3 is 9.32 Å². The number of amides is 1. The van der Waals surface area contributed by atoms with Gasteiger partial charge in [-0.2, -0.15) is 0 Å². The summed E-state index contributed by atoms with van der Waals surface area (Å²) in [5.74, 6) is 0.234. The van der Waals surface area contributed by atoms with Gasteiger partial charge in [-0.15, -0.1) is 11.3 Å². The maximum absolute atomic E-state index is 13.7. The Hall–Kier alpha value is -2.77. The second-order valence-corrected chi connectivity index (χ2v) is 9.54. The fraction of sp³-hybridized carbons (Fsp3) is 0.292. The second kappa shape index (κ2) is 8.64. The van der Waals surface area contributed by atoms with Crippen molar-refractivity contribution >= 4 is 39.9 Å². The molecule has 0 radical (unpaired) electrons. The number of fused-ring (bicyclic) bond motifs is 1. The molecule has 3 aromatic heterocycles. The van der Waals surface area contributed by atoms with Crippen LogP contribution in [0.3, 0.4) is 0 Å². The van der Waals surface area contributed by atoms with Crippen LogP contribution in [0.2, 0.25) is 5.02 Å². The van der Waals surface area contributed by atoms with Crippen molar-refractivity contribution in [2.45, 2.75) is 38.6 Å². The fourth-order valence-corrected chi connectivity index (χ4v) is 5.45. The minimum atomic E-state index is -0.309. The van der Waals surface area contributed by atoms with E-state index in [0.717, 1.165) is 34.7 Å². The summed E-state index contributed by atoms with van der Waals surface area (Å²) < 4.78 is 19.4. The van der Waals surface area contributed by atoms with E-state index in [1.807, 2.05) is 24.0 Å². The van der Waals surface area contributed by atoms with Crippen LogP contribution in [0.15, 0.2) is 47.0 Å². The summed E-state index contributed by atoms with van der Waals surface area (Å²) in [5, 5.41) is 1.31. The summed E-state index contributed by atoms with van der Waals surface area (Å²) in [6, 6.07) is 9.79. The number of aromatic nitrogens is 2. The number of hydrogen-bond donors (Lipinski definition) is 0. The molecule has 1 unspecified atom stereocenters. The average molecular weight is 470 g/mol. The molecule has 4 heterocycles. The van der Waals surface area contributed by atoms with Crippen LogP contribution in [0.4, 0.5) is 4.39 Å². The zero-order chi connectivity index (χ0) is 22.2. The summed E-state index contributed by atoms with van der Waals surface area (Å²) in [4.78, 5) is 25.2. The number of hydrogen-bond acceptors (Lipinski definition) is 5. The summed E-state index contributed by atoms with van der Waals surface area (Å²) >= 11 is 7.99. The van der Waals surface area contributed by atoms with Gasteiger partial charge in [0, 0.05) is 25.2 Å². The van der Waals surface area contributed by atoms with Crippen LogP contribution in [0.25, 0.3) is 21.5 Å². The highest BCUT2D eigenvalue weighted by molar-refractivity contribution is 7.15. The van der Waals surface area contributed by atoms with Crippen molar-refractivity contribution in [3.05, 3.63) is 69.9 Å². The molecule has 0 N–H and O–H groups in total. The maximum Gasteiger partial charge on any atom is 0.274 e. The van der Waals surface area contributed by atoms with E-state index in [9.17, 15) is 9.18 Å². The van der Waals surface area contributed by atoms with Crippen LogP contribution in [0, 0.1) is 12.7 Å². The molecule has 0 spiro atoms. The fourth-order valence-electron chi connectivity index (χ4n) is 4.28. The minimum Gasteiger partial charge on any atom is -0.458 e. The standard InChI is InChI=1S/C24H21ClFN3O2S/c1-14-28-22(23(32-14)15-7-9-16(26)10-8-15)24(30)29-12-3-2-5-17(29)13-19-20(25)21-18(31-19)6-4-11-27-21/h4,6-11,17H,2-3,5,12-13H2,1H3. The number of thiazole rings is 1. The van der Waals surface area contributed by atoms with Gasteiger partial charge in [-0.05, 0) is 56.0 Å². The van der Waals surface area contributed by atoms with E-state index in [2.05, 4.69) is 9.97 Å². The van der Waals surface area contributed by atoms with E-state index in [1.165, 1.54) is 23.5 Å². The Morgan fingerprint density at radius 1 is 1.28 bits per heavy atom. The number of nitrogens with zero attached hydrogens (tertiary/aromatic N) is 3. The summed E-state index contributed by atoms with van der Waals surface area (Å²) in [7, 11) is 0. The zero-order valence-electron chi connectivity index (χ0n) is 17.5. The van der Waals surface area contributed by atoms with Crippen molar-refractivity contribution in [1.82, 2.24) is 14.9 Å². The first kappa shape index (κ1) is 21.1. The van der Waals surface area contributed by atoms with Gasteiger partial charge >= 0.3 is 0 Å². The van der Waals surface area contributed by atoms with Gasteiger partial charge in [0.25, 0.3) is 5.91 Å². The van der Waals surface area contributed by atoms with Gasteiger partial charge in [0.1, 0.15) is 27.8 Å². The first-order valence-electron chi connectivity index (χ1n) is 10.6. The Labute approximate surface area is 193 Å². The number of carbonyl (C=O) groups excluding carboxylic acids is 1. The molecule has 1 fully saturated rings. The molecule has 5 nitrogen and oxygen atoms in total. The molecular formula is C24H21ClFN3O2S. The Morgan fingerprint density at radius 3 is 2.88 bits per heavy atom. The maximum atomic E-state index is 13.7. The van der Waals surface area contributed by atoms with Crippen molar-refractivity contribution in [2.75, 3.05) is 6.54 Å².